The average Bonchev–Trinajstić information content (AvgIpc) is 2.29. The number of rotatable bonds is 4. The number of halogens is 1. The van der Waals surface area contributed by atoms with Crippen molar-refractivity contribution in [1.82, 2.24) is 4.98 Å². The molecule has 1 N–H and O–H groups in total. The van der Waals surface area contributed by atoms with Gasteiger partial charge < -0.3 is 5.11 Å². The van der Waals surface area contributed by atoms with Crippen LogP contribution < -0.4 is 0 Å². The van der Waals surface area contributed by atoms with Crippen LogP contribution in [0.4, 0.5) is 0 Å². The fourth-order valence-corrected chi connectivity index (χ4v) is 1.98. The Labute approximate surface area is 104 Å². The van der Waals surface area contributed by atoms with Crippen LogP contribution in [0.1, 0.15) is 18.4 Å². The maximum absolute atomic E-state index is 10.4. The highest BCUT2D eigenvalue weighted by Crippen LogP contribution is 2.22. The van der Waals surface area contributed by atoms with Gasteiger partial charge in [0.25, 0.3) is 0 Å². The molecule has 0 radical (unpaired) electrons. The van der Waals surface area contributed by atoms with Crippen molar-refractivity contribution >= 4 is 28.5 Å². The summed E-state index contributed by atoms with van der Waals surface area (Å²) in [6.07, 6.45) is 3.30. The minimum Gasteiger partial charge on any atom is -0.481 e. The third kappa shape index (κ3) is 2.94. The number of hydrogen-bond acceptors (Lipinski definition) is 2. The quantitative estimate of drug-likeness (QED) is 0.905. The van der Waals surface area contributed by atoms with E-state index >= 15 is 0 Å². The smallest absolute Gasteiger partial charge is 0.303 e. The SMILES string of the molecule is O=C(O)CCCc1cnc2c(Cl)cccc2c1. The number of carboxylic acid groups (broad SMARTS) is 1. The number of aromatic nitrogens is 1. The number of carbonyl (C=O) groups is 1. The molecule has 1 aromatic heterocycles. The van der Waals surface area contributed by atoms with E-state index in [0.717, 1.165) is 22.9 Å². The van der Waals surface area contributed by atoms with Crippen molar-refractivity contribution in [3.05, 3.63) is 41.0 Å². The molecule has 0 atom stereocenters. The molecule has 0 bridgehead atoms. The summed E-state index contributed by atoms with van der Waals surface area (Å²) in [7, 11) is 0. The van der Waals surface area contributed by atoms with E-state index in [9.17, 15) is 4.79 Å². The molecule has 0 unspecified atom stereocenters. The number of fused-ring (bicyclic) bond motifs is 1. The minimum absolute atomic E-state index is 0.188. The Morgan fingerprint density at radius 3 is 3.00 bits per heavy atom. The standard InChI is InChI=1S/C13H12ClNO2/c14-11-5-2-4-10-7-9(8-15-13(10)11)3-1-6-12(16)17/h2,4-5,7-8H,1,3,6H2,(H,16,17). The highest BCUT2D eigenvalue weighted by atomic mass is 35.5. The molecule has 0 aliphatic rings. The van der Waals surface area contributed by atoms with Gasteiger partial charge in [-0.25, -0.2) is 0 Å². The highest BCUT2D eigenvalue weighted by Gasteiger charge is 2.03. The van der Waals surface area contributed by atoms with Gasteiger partial charge in [-0.1, -0.05) is 23.7 Å². The normalized spacial score (nSPS) is 10.6. The number of aryl methyl sites for hydroxylation is 1. The van der Waals surface area contributed by atoms with Gasteiger partial charge in [0.05, 0.1) is 10.5 Å². The second kappa shape index (κ2) is 5.15. The Morgan fingerprint density at radius 2 is 2.24 bits per heavy atom. The summed E-state index contributed by atoms with van der Waals surface area (Å²) >= 11 is 6.02. The van der Waals surface area contributed by atoms with E-state index in [2.05, 4.69) is 4.98 Å². The van der Waals surface area contributed by atoms with E-state index in [1.165, 1.54) is 0 Å². The fourth-order valence-electron chi connectivity index (χ4n) is 1.75. The Hall–Kier alpha value is -1.61. The molecule has 88 valence electrons. The number of carboxylic acids is 1. The molecule has 0 amide bonds. The Kier molecular flexibility index (Phi) is 3.59. The first-order chi connectivity index (χ1) is 8.16. The number of pyridine rings is 1. The molecular formula is C13H12ClNO2. The highest BCUT2D eigenvalue weighted by molar-refractivity contribution is 6.35. The molecule has 17 heavy (non-hydrogen) atoms. The van der Waals surface area contributed by atoms with Crippen molar-refractivity contribution in [2.45, 2.75) is 19.3 Å². The Balaban J connectivity index is 2.17. The third-order valence-electron chi connectivity index (χ3n) is 2.57. The van der Waals surface area contributed by atoms with Crippen molar-refractivity contribution in [3.8, 4) is 0 Å². The summed E-state index contributed by atoms with van der Waals surface area (Å²) in [5.74, 6) is -0.762. The van der Waals surface area contributed by atoms with E-state index < -0.39 is 5.97 Å². The van der Waals surface area contributed by atoms with E-state index in [1.54, 1.807) is 12.3 Å². The lowest BCUT2D eigenvalue weighted by Gasteiger charge is -2.03. The number of aliphatic carboxylic acids is 1. The molecular weight excluding hydrogens is 238 g/mol. The molecule has 0 fully saturated rings. The maximum atomic E-state index is 10.4. The number of benzene rings is 1. The number of hydrogen-bond donors (Lipinski definition) is 1. The predicted octanol–water partition coefficient (Wildman–Crippen LogP) is 3.30. The first-order valence-electron chi connectivity index (χ1n) is 5.42. The summed E-state index contributed by atoms with van der Waals surface area (Å²) in [4.78, 5) is 14.7. The summed E-state index contributed by atoms with van der Waals surface area (Å²) in [6.45, 7) is 0. The van der Waals surface area contributed by atoms with Crippen molar-refractivity contribution < 1.29 is 9.90 Å². The van der Waals surface area contributed by atoms with Gasteiger partial charge in [0, 0.05) is 18.0 Å². The van der Waals surface area contributed by atoms with Crippen LogP contribution in [0.25, 0.3) is 10.9 Å². The largest absolute Gasteiger partial charge is 0.481 e. The molecule has 0 aliphatic heterocycles. The van der Waals surface area contributed by atoms with Crippen molar-refractivity contribution in [1.29, 1.82) is 0 Å². The monoisotopic (exact) mass is 249 g/mol. The Bertz CT molecular complexity index is 554. The zero-order valence-electron chi connectivity index (χ0n) is 9.19. The molecule has 0 spiro atoms. The van der Waals surface area contributed by atoms with E-state index in [-0.39, 0.29) is 6.42 Å². The lowest BCUT2D eigenvalue weighted by Crippen LogP contribution is -1.96. The van der Waals surface area contributed by atoms with Crippen LogP contribution in [0.2, 0.25) is 5.02 Å². The van der Waals surface area contributed by atoms with Gasteiger partial charge in [0.1, 0.15) is 0 Å². The first-order valence-corrected chi connectivity index (χ1v) is 5.79. The van der Waals surface area contributed by atoms with E-state index in [4.69, 9.17) is 16.7 Å². The van der Waals surface area contributed by atoms with Gasteiger partial charge in [-0.2, -0.15) is 0 Å². The maximum Gasteiger partial charge on any atom is 0.303 e. The zero-order valence-corrected chi connectivity index (χ0v) is 9.94. The first kappa shape index (κ1) is 11.9. The lowest BCUT2D eigenvalue weighted by molar-refractivity contribution is -0.137. The average molecular weight is 250 g/mol. The third-order valence-corrected chi connectivity index (χ3v) is 2.88. The zero-order chi connectivity index (χ0) is 12.3. The molecule has 3 nitrogen and oxygen atoms in total. The summed E-state index contributed by atoms with van der Waals surface area (Å²) in [5, 5.41) is 10.2. The lowest BCUT2D eigenvalue weighted by atomic mass is 10.1. The van der Waals surface area contributed by atoms with Crippen LogP contribution >= 0.6 is 11.6 Å². The fraction of sp³-hybridized carbons (Fsp3) is 0.231. The molecule has 0 saturated carbocycles. The second-order valence-corrected chi connectivity index (χ2v) is 4.31. The molecule has 1 aromatic carbocycles. The van der Waals surface area contributed by atoms with Gasteiger partial charge in [-0.05, 0) is 30.5 Å². The van der Waals surface area contributed by atoms with Gasteiger partial charge in [0.15, 0.2) is 0 Å². The van der Waals surface area contributed by atoms with E-state index in [0.29, 0.717) is 11.4 Å². The number of para-hydroxylation sites is 1. The van der Waals surface area contributed by atoms with Gasteiger partial charge in [-0.15, -0.1) is 0 Å². The van der Waals surface area contributed by atoms with Crippen molar-refractivity contribution in [2.75, 3.05) is 0 Å². The van der Waals surface area contributed by atoms with Gasteiger partial charge in [-0.3, -0.25) is 9.78 Å². The molecule has 2 rings (SSSR count). The summed E-state index contributed by atoms with van der Waals surface area (Å²) in [6, 6.07) is 7.65. The van der Waals surface area contributed by atoms with Crippen LogP contribution in [-0.2, 0) is 11.2 Å². The minimum atomic E-state index is -0.762. The van der Waals surface area contributed by atoms with Crippen LogP contribution in [0.15, 0.2) is 30.5 Å². The van der Waals surface area contributed by atoms with Crippen LogP contribution in [0.3, 0.4) is 0 Å². The molecule has 2 aromatic rings. The van der Waals surface area contributed by atoms with Crippen LogP contribution in [-0.4, -0.2) is 16.1 Å². The topological polar surface area (TPSA) is 50.2 Å². The summed E-state index contributed by atoms with van der Waals surface area (Å²) in [5.41, 5.74) is 1.83. The van der Waals surface area contributed by atoms with Crippen molar-refractivity contribution in [3.63, 3.8) is 0 Å². The number of nitrogens with zero attached hydrogens (tertiary/aromatic N) is 1. The van der Waals surface area contributed by atoms with Crippen molar-refractivity contribution in [2.24, 2.45) is 0 Å². The van der Waals surface area contributed by atoms with Gasteiger partial charge in [0.2, 0.25) is 0 Å². The van der Waals surface area contributed by atoms with Crippen LogP contribution in [0, 0.1) is 0 Å². The molecule has 4 heteroatoms. The van der Waals surface area contributed by atoms with Gasteiger partial charge >= 0.3 is 5.97 Å². The second-order valence-electron chi connectivity index (χ2n) is 3.90. The molecule has 0 saturated heterocycles. The molecule has 0 aliphatic carbocycles. The molecule has 1 heterocycles. The summed E-state index contributed by atoms with van der Waals surface area (Å²) < 4.78 is 0. The van der Waals surface area contributed by atoms with Crippen LogP contribution in [0.5, 0.6) is 0 Å². The Morgan fingerprint density at radius 1 is 1.41 bits per heavy atom. The predicted molar refractivity (Wildman–Crippen MR) is 67.3 cm³/mol. The van der Waals surface area contributed by atoms with E-state index in [1.807, 2.05) is 18.2 Å².